The first-order chi connectivity index (χ1) is 17.4. The lowest BCUT2D eigenvalue weighted by atomic mass is 9.91. The summed E-state index contributed by atoms with van der Waals surface area (Å²) in [5.41, 5.74) is 8.98. The standard InChI is InChI=1S/C24H27N3O9S/c1-13-17(21(29)34-12-35-22(30)24(3,4)5)27-19(28)16(20(27)37(32)18(13)26-25)14(2)36-23(31)33-11-15-9-7-6-8-10-15/h6-10,14,16,20H,11-12H2,1-5H3/t14?,16-,20+,37?/m0/s1. The van der Waals surface area contributed by atoms with Crippen molar-refractivity contribution in [3.8, 4) is 0 Å². The fourth-order valence-corrected chi connectivity index (χ4v) is 5.41. The molecule has 0 saturated carbocycles. The minimum absolute atomic E-state index is 0.0492. The maximum absolute atomic E-state index is 13.1. The minimum Gasteiger partial charge on any atom is -0.604 e. The van der Waals surface area contributed by atoms with Gasteiger partial charge >= 0.3 is 23.1 Å². The topological polar surface area (TPSA) is 168 Å². The van der Waals surface area contributed by atoms with Gasteiger partial charge < -0.3 is 29.0 Å². The van der Waals surface area contributed by atoms with Gasteiger partial charge in [-0.25, -0.2) is 9.59 Å². The normalized spacial score (nSPS) is 21.8. The van der Waals surface area contributed by atoms with E-state index in [9.17, 15) is 29.3 Å². The van der Waals surface area contributed by atoms with Crippen molar-refractivity contribution in [3.05, 3.63) is 52.7 Å². The molecule has 198 valence electrons. The van der Waals surface area contributed by atoms with E-state index in [1.54, 1.807) is 45.0 Å². The maximum atomic E-state index is 13.1. The van der Waals surface area contributed by atoms with Crippen LogP contribution in [0.25, 0.3) is 5.53 Å². The number of carbonyl (C=O) groups excluding carboxylic acids is 4. The summed E-state index contributed by atoms with van der Waals surface area (Å²) in [5, 5.41) is -1.50. The van der Waals surface area contributed by atoms with E-state index in [4.69, 9.17) is 18.9 Å². The van der Waals surface area contributed by atoms with E-state index >= 15 is 0 Å². The molecule has 1 saturated heterocycles. The molecule has 1 amide bonds. The second-order valence-corrected chi connectivity index (χ2v) is 10.8. The Balaban J connectivity index is 1.70. The van der Waals surface area contributed by atoms with Crippen LogP contribution in [0.2, 0.25) is 0 Å². The van der Waals surface area contributed by atoms with Gasteiger partial charge in [-0.15, -0.1) is 4.79 Å². The molecule has 0 radical (unpaired) electrons. The number of fused-ring (bicyclic) bond motifs is 1. The quantitative estimate of drug-likeness (QED) is 0.127. The van der Waals surface area contributed by atoms with Crippen LogP contribution >= 0.6 is 0 Å². The van der Waals surface area contributed by atoms with Gasteiger partial charge in [0.25, 0.3) is 0 Å². The van der Waals surface area contributed by atoms with Gasteiger partial charge in [-0.3, -0.25) is 14.5 Å². The molecule has 4 atom stereocenters. The Labute approximate surface area is 216 Å². The molecule has 3 rings (SSSR count). The van der Waals surface area contributed by atoms with Crippen molar-refractivity contribution in [2.24, 2.45) is 11.3 Å². The summed E-state index contributed by atoms with van der Waals surface area (Å²) < 4.78 is 33.3. The first-order valence-electron chi connectivity index (χ1n) is 11.3. The zero-order valence-electron chi connectivity index (χ0n) is 21.0. The molecule has 0 spiro atoms. The van der Waals surface area contributed by atoms with Gasteiger partial charge in [0, 0.05) is 0 Å². The van der Waals surface area contributed by atoms with E-state index in [1.807, 2.05) is 6.07 Å². The molecule has 0 N–H and O–H groups in total. The average molecular weight is 534 g/mol. The fourth-order valence-electron chi connectivity index (χ4n) is 3.70. The average Bonchev–Trinajstić information content (AvgIpc) is 2.83. The molecule has 1 fully saturated rings. The molecule has 2 aliphatic rings. The van der Waals surface area contributed by atoms with Crippen LogP contribution in [0.4, 0.5) is 4.79 Å². The van der Waals surface area contributed by atoms with E-state index in [2.05, 4.69) is 4.79 Å². The molecule has 13 heteroatoms. The molecule has 0 aromatic heterocycles. The van der Waals surface area contributed by atoms with Crippen LogP contribution in [0, 0.1) is 11.3 Å². The van der Waals surface area contributed by atoms with E-state index < -0.39 is 64.8 Å². The highest BCUT2D eigenvalue weighted by atomic mass is 32.2. The van der Waals surface area contributed by atoms with Gasteiger partial charge in [0.1, 0.15) is 29.9 Å². The maximum Gasteiger partial charge on any atom is 0.508 e. The van der Waals surface area contributed by atoms with Crippen molar-refractivity contribution >= 4 is 40.2 Å². The fraction of sp³-hybridized carbons (Fsp3) is 0.458. The van der Waals surface area contributed by atoms with E-state index in [0.29, 0.717) is 0 Å². The number of hydrogen-bond acceptors (Lipinski definition) is 9. The summed E-state index contributed by atoms with van der Waals surface area (Å²) in [7, 11) is 0. The Morgan fingerprint density at radius 3 is 2.41 bits per heavy atom. The zero-order valence-corrected chi connectivity index (χ0v) is 21.8. The Morgan fingerprint density at radius 2 is 1.81 bits per heavy atom. The van der Waals surface area contributed by atoms with Gasteiger partial charge in [-0.2, -0.15) is 0 Å². The molecule has 2 unspecified atom stereocenters. The Kier molecular flexibility index (Phi) is 8.42. The number of benzene rings is 1. The van der Waals surface area contributed by atoms with Crippen LogP contribution in [-0.4, -0.2) is 61.6 Å². The van der Waals surface area contributed by atoms with E-state index in [1.165, 1.54) is 13.8 Å². The number of rotatable bonds is 7. The largest absolute Gasteiger partial charge is 0.604 e. The third-order valence-corrected chi connectivity index (χ3v) is 7.39. The number of β-lactam (4-membered cyclic amide) rings is 1. The van der Waals surface area contributed by atoms with Crippen molar-refractivity contribution < 1.29 is 47.5 Å². The molecular formula is C24H27N3O9S. The summed E-state index contributed by atoms with van der Waals surface area (Å²) in [6.45, 7) is 6.85. The first-order valence-corrected chi connectivity index (χ1v) is 12.5. The van der Waals surface area contributed by atoms with E-state index in [0.717, 1.165) is 10.5 Å². The number of nitrogens with zero attached hydrogens (tertiary/aromatic N) is 3. The highest BCUT2D eigenvalue weighted by Gasteiger charge is 2.67. The second kappa shape index (κ2) is 11.2. The van der Waals surface area contributed by atoms with Crippen LogP contribution < -0.4 is 0 Å². The summed E-state index contributed by atoms with van der Waals surface area (Å²) in [5.74, 6) is -3.44. The number of ether oxygens (including phenoxy) is 4. The molecular weight excluding hydrogens is 506 g/mol. The molecule has 1 aromatic carbocycles. The molecule has 2 heterocycles. The van der Waals surface area contributed by atoms with Crippen molar-refractivity contribution in [2.75, 3.05) is 6.79 Å². The van der Waals surface area contributed by atoms with Gasteiger partial charge in [-0.05, 0) is 40.2 Å². The number of esters is 2. The van der Waals surface area contributed by atoms with Crippen LogP contribution in [0.5, 0.6) is 0 Å². The van der Waals surface area contributed by atoms with Gasteiger partial charge in [0.15, 0.2) is 0 Å². The van der Waals surface area contributed by atoms with Crippen molar-refractivity contribution in [2.45, 2.75) is 52.7 Å². The van der Waals surface area contributed by atoms with Crippen molar-refractivity contribution in [1.29, 1.82) is 0 Å². The lowest BCUT2D eigenvalue weighted by molar-refractivity contribution is -0.175. The van der Waals surface area contributed by atoms with E-state index in [-0.39, 0.29) is 22.9 Å². The van der Waals surface area contributed by atoms with Crippen LogP contribution in [-0.2, 0) is 51.1 Å². The Hall–Kier alpha value is -3.67. The van der Waals surface area contributed by atoms with Crippen LogP contribution in [0.15, 0.2) is 41.6 Å². The Bertz CT molecular complexity index is 1170. The molecule has 37 heavy (non-hydrogen) atoms. The van der Waals surface area contributed by atoms with Gasteiger partial charge in [0.05, 0.1) is 16.6 Å². The summed E-state index contributed by atoms with van der Waals surface area (Å²) >= 11 is -2.06. The molecule has 2 aliphatic heterocycles. The SMILES string of the molecule is CC1=C(C(=O)OCOC(=O)C(C)(C)C)N2C(=O)[C@H](C(C)OC(=O)OCc3ccccc3)[C@H]2[S+]([O-])C1=[N+]=[N-]. The summed E-state index contributed by atoms with van der Waals surface area (Å²) in [6, 6.07) is 8.87. The van der Waals surface area contributed by atoms with Crippen molar-refractivity contribution in [1.82, 2.24) is 4.90 Å². The Morgan fingerprint density at radius 1 is 1.16 bits per heavy atom. The first kappa shape index (κ1) is 27.9. The molecule has 0 bridgehead atoms. The second-order valence-electron chi connectivity index (χ2n) is 9.38. The summed E-state index contributed by atoms with van der Waals surface area (Å²) in [6.07, 6.45) is -2.11. The molecule has 0 aliphatic carbocycles. The van der Waals surface area contributed by atoms with Crippen LogP contribution in [0.1, 0.15) is 40.2 Å². The smallest absolute Gasteiger partial charge is 0.508 e. The number of carbonyl (C=O) groups is 4. The summed E-state index contributed by atoms with van der Waals surface area (Å²) in [4.78, 5) is 53.9. The minimum atomic E-state index is -2.06. The predicted octanol–water partition coefficient (Wildman–Crippen LogP) is 2.27. The molecule has 1 aromatic rings. The molecule has 12 nitrogen and oxygen atoms in total. The third-order valence-electron chi connectivity index (χ3n) is 5.68. The predicted molar refractivity (Wildman–Crippen MR) is 127 cm³/mol. The highest BCUT2D eigenvalue weighted by molar-refractivity contribution is 8.07. The van der Waals surface area contributed by atoms with Gasteiger partial charge in [0.2, 0.25) is 18.1 Å². The monoisotopic (exact) mass is 533 g/mol. The van der Waals surface area contributed by atoms with Gasteiger partial charge in [-0.1, -0.05) is 30.3 Å². The number of amides is 1. The lowest BCUT2D eigenvalue weighted by Crippen LogP contribution is -2.70. The van der Waals surface area contributed by atoms with Crippen molar-refractivity contribution in [3.63, 3.8) is 0 Å². The highest BCUT2D eigenvalue weighted by Crippen LogP contribution is 2.43. The zero-order chi connectivity index (χ0) is 27.5. The van der Waals surface area contributed by atoms with Crippen LogP contribution in [0.3, 0.4) is 0 Å². The number of hydrogen-bond donors (Lipinski definition) is 0. The third kappa shape index (κ3) is 5.85. The lowest BCUT2D eigenvalue weighted by Gasteiger charge is -2.48.